The smallest absolute Gasteiger partial charge is 0.411 e. The number of ether oxygens (including phenoxy) is 2. The van der Waals surface area contributed by atoms with Gasteiger partial charge < -0.3 is 19.7 Å². The van der Waals surface area contributed by atoms with E-state index < -0.39 is 22.3 Å². The van der Waals surface area contributed by atoms with Gasteiger partial charge in [0.05, 0.1) is 10.9 Å². The molecule has 33 heavy (non-hydrogen) atoms. The summed E-state index contributed by atoms with van der Waals surface area (Å²) in [4.78, 5) is 22.0. The molecular weight excluding hydrogens is 496 g/mol. The lowest BCUT2D eigenvalue weighted by Crippen LogP contribution is -2.21. The van der Waals surface area contributed by atoms with E-state index in [-0.39, 0.29) is 5.39 Å². The van der Waals surface area contributed by atoms with E-state index in [1.807, 2.05) is 19.0 Å². The van der Waals surface area contributed by atoms with Gasteiger partial charge in [0.25, 0.3) is 0 Å². The summed E-state index contributed by atoms with van der Waals surface area (Å²) in [6.07, 6.45) is 0.569. The maximum Gasteiger partial charge on any atom is 0.411 e. The summed E-state index contributed by atoms with van der Waals surface area (Å²) in [6, 6.07) is 9.56. The minimum atomic E-state index is -1.69. The van der Waals surface area contributed by atoms with Gasteiger partial charge in [-0.25, -0.2) is 19.2 Å². The highest BCUT2D eigenvalue weighted by Crippen LogP contribution is 2.30. The number of fused-ring (bicyclic) bond motifs is 1. The molecule has 0 radical (unpaired) electrons. The van der Waals surface area contributed by atoms with Crippen molar-refractivity contribution in [2.75, 3.05) is 44.5 Å². The lowest BCUT2D eigenvalue weighted by Gasteiger charge is -2.13. The van der Waals surface area contributed by atoms with Gasteiger partial charge in [0.2, 0.25) is 3.79 Å². The lowest BCUT2D eigenvalue weighted by molar-refractivity contribution is 0.164. The first-order valence-corrected chi connectivity index (χ1v) is 10.8. The third-order valence-corrected chi connectivity index (χ3v) is 4.56. The number of carbonyl (C=O) groups is 1. The quantitative estimate of drug-likeness (QED) is 0.389. The Bertz CT molecular complexity index is 1110. The fourth-order valence-corrected chi connectivity index (χ4v) is 2.88. The van der Waals surface area contributed by atoms with Crippen LogP contribution in [-0.4, -0.2) is 58.6 Å². The molecule has 0 spiro atoms. The van der Waals surface area contributed by atoms with Gasteiger partial charge >= 0.3 is 6.09 Å². The van der Waals surface area contributed by atoms with Gasteiger partial charge in [-0.15, -0.1) is 0 Å². The normalized spacial score (nSPS) is 11.5. The van der Waals surface area contributed by atoms with Crippen molar-refractivity contribution in [3.8, 4) is 5.75 Å². The molecule has 0 aliphatic heterocycles. The number of rotatable bonds is 8. The zero-order valence-electron chi connectivity index (χ0n) is 17.7. The highest BCUT2D eigenvalue weighted by atomic mass is 35.6. The van der Waals surface area contributed by atoms with Crippen LogP contribution in [0.2, 0.25) is 0 Å². The van der Waals surface area contributed by atoms with Crippen LogP contribution in [0.5, 0.6) is 5.75 Å². The number of nitrogens with one attached hydrogen (secondary N) is 2. The first-order valence-electron chi connectivity index (χ1n) is 9.70. The highest BCUT2D eigenvalue weighted by molar-refractivity contribution is 6.67. The molecule has 0 saturated heterocycles. The van der Waals surface area contributed by atoms with E-state index in [1.54, 1.807) is 30.3 Å². The fourth-order valence-electron chi connectivity index (χ4n) is 2.72. The zero-order valence-corrected chi connectivity index (χ0v) is 20.0. The topological polar surface area (TPSA) is 88.6 Å². The zero-order chi connectivity index (χ0) is 24.0. The Kier molecular flexibility index (Phi) is 8.36. The summed E-state index contributed by atoms with van der Waals surface area (Å²) < 4.78 is 23.6. The second-order valence-electron chi connectivity index (χ2n) is 7.19. The minimum Gasteiger partial charge on any atom is -0.492 e. The fraction of sp³-hybridized carbons (Fsp3) is 0.286. The number of halogens is 4. The molecule has 2 N–H and O–H groups in total. The van der Waals surface area contributed by atoms with Crippen molar-refractivity contribution >= 4 is 69.0 Å². The van der Waals surface area contributed by atoms with Crippen molar-refractivity contribution in [1.29, 1.82) is 0 Å². The van der Waals surface area contributed by atoms with Crippen molar-refractivity contribution in [3.05, 3.63) is 48.5 Å². The van der Waals surface area contributed by atoms with Crippen molar-refractivity contribution < 1.29 is 18.7 Å². The van der Waals surface area contributed by atoms with Crippen molar-refractivity contribution in [2.45, 2.75) is 3.79 Å². The first-order chi connectivity index (χ1) is 15.6. The van der Waals surface area contributed by atoms with Crippen LogP contribution in [0.15, 0.2) is 42.7 Å². The Hall–Kier alpha value is -2.59. The number of nitrogens with zero attached hydrogens (tertiary/aromatic N) is 3. The van der Waals surface area contributed by atoms with E-state index in [1.165, 1.54) is 12.4 Å². The third kappa shape index (κ3) is 7.75. The molecular formula is C21H21Cl3FN5O3. The van der Waals surface area contributed by atoms with Gasteiger partial charge in [-0.2, -0.15) is 0 Å². The van der Waals surface area contributed by atoms with Crippen molar-refractivity contribution in [2.24, 2.45) is 0 Å². The molecule has 0 aliphatic rings. The number of benzene rings is 2. The Morgan fingerprint density at radius 1 is 1.12 bits per heavy atom. The average Bonchev–Trinajstić information content (AvgIpc) is 2.73. The molecule has 3 aromatic rings. The molecule has 0 saturated carbocycles. The molecule has 1 heterocycles. The van der Waals surface area contributed by atoms with E-state index in [4.69, 9.17) is 44.3 Å². The molecule has 0 unspecified atom stereocenters. The maximum atomic E-state index is 14.9. The standard InChI is InChI=1S/C21H21Cl3FN5O3/c1-30(2)7-8-32-15-9-16(25)18-17(10-15)26-12-27-19(18)28-13-3-5-14(6-4-13)29-20(31)33-11-21(22,23)24/h3-6,9-10,12H,7-8,11H2,1-2H3,(H,29,31)(H,26,27,28). The number of carbonyl (C=O) groups excluding carboxylic acids is 1. The summed E-state index contributed by atoms with van der Waals surface area (Å²) >= 11 is 16.6. The number of aromatic nitrogens is 2. The van der Waals surface area contributed by atoms with Crippen LogP contribution in [0.3, 0.4) is 0 Å². The van der Waals surface area contributed by atoms with Crippen LogP contribution in [-0.2, 0) is 4.74 Å². The predicted molar refractivity (Wildman–Crippen MR) is 129 cm³/mol. The molecule has 0 aliphatic carbocycles. The van der Waals surface area contributed by atoms with Gasteiger partial charge in [-0.05, 0) is 38.4 Å². The van der Waals surface area contributed by atoms with Crippen LogP contribution < -0.4 is 15.4 Å². The largest absolute Gasteiger partial charge is 0.492 e. The molecule has 12 heteroatoms. The van der Waals surface area contributed by atoms with Gasteiger partial charge in [0, 0.05) is 30.1 Å². The van der Waals surface area contributed by atoms with Crippen LogP contribution >= 0.6 is 34.8 Å². The van der Waals surface area contributed by atoms with Crippen LogP contribution in [0.1, 0.15) is 0 Å². The summed E-state index contributed by atoms with van der Waals surface area (Å²) in [5.41, 5.74) is 1.47. The second kappa shape index (κ2) is 11.0. The number of amides is 1. The Labute approximate surface area is 204 Å². The monoisotopic (exact) mass is 515 g/mol. The number of hydrogen-bond acceptors (Lipinski definition) is 7. The number of anilines is 3. The van der Waals surface area contributed by atoms with E-state index in [2.05, 4.69) is 20.6 Å². The Morgan fingerprint density at radius 3 is 2.48 bits per heavy atom. The molecule has 1 amide bonds. The van der Waals surface area contributed by atoms with E-state index in [0.29, 0.717) is 41.6 Å². The van der Waals surface area contributed by atoms with Gasteiger partial charge in [-0.1, -0.05) is 34.8 Å². The van der Waals surface area contributed by atoms with E-state index >= 15 is 0 Å². The molecule has 8 nitrogen and oxygen atoms in total. The average molecular weight is 517 g/mol. The molecule has 0 bridgehead atoms. The minimum absolute atomic E-state index is 0.231. The number of alkyl halides is 3. The van der Waals surface area contributed by atoms with E-state index in [0.717, 1.165) is 0 Å². The molecule has 176 valence electrons. The van der Waals surface area contributed by atoms with Crippen molar-refractivity contribution in [1.82, 2.24) is 14.9 Å². The van der Waals surface area contributed by atoms with Crippen LogP contribution in [0.4, 0.5) is 26.4 Å². The Balaban J connectivity index is 1.69. The summed E-state index contributed by atoms with van der Waals surface area (Å²) in [6.45, 7) is 0.732. The third-order valence-electron chi connectivity index (χ3n) is 4.23. The van der Waals surface area contributed by atoms with E-state index in [9.17, 15) is 9.18 Å². The second-order valence-corrected chi connectivity index (χ2v) is 9.71. The predicted octanol–water partition coefficient (Wildman–Crippen LogP) is 5.37. The lowest BCUT2D eigenvalue weighted by atomic mass is 10.2. The van der Waals surface area contributed by atoms with Crippen LogP contribution in [0.25, 0.3) is 10.9 Å². The molecule has 0 fully saturated rings. The molecule has 3 rings (SSSR count). The van der Waals surface area contributed by atoms with Gasteiger partial charge in [0.15, 0.2) is 0 Å². The highest BCUT2D eigenvalue weighted by Gasteiger charge is 2.22. The number of likely N-dealkylation sites (N-methyl/N-ethyl adjacent to an activating group) is 1. The van der Waals surface area contributed by atoms with Gasteiger partial charge in [0.1, 0.15) is 36.9 Å². The maximum absolute atomic E-state index is 14.9. The Morgan fingerprint density at radius 2 is 1.82 bits per heavy atom. The van der Waals surface area contributed by atoms with Gasteiger partial charge in [-0.3, -0.25) is 5.32 Å². The first kappa shape index (κ1) is 25.0. The molecule has 1 aromatic heterocycles. The summed E-state index contributed by atoms with van der Waals surface area (Å²) in [7, 11) is 3.85. The number of hydrogen-bond donors (Lipinski definition) is 2. The summed E-state index contributed by atoms with van der Waals surface area (Å²) in [5.74, 6) is 0.175. The van der Waals surface area contributed by atoms with Crippen molar-refractivity contribution in [3.63, 3.8) is 0 Å². The summed E-state index contributed by atoms with van der Waals surface area (Å²) in [5, 5.41) is 5.79. The molecule has 0 atom stereocenters. The van der Waals surface area contributed by atoms with Crippen LogP contribution in [0, 0.1) is 5.82 Å². The SMILES string of the molecule is CN(C)CCOc1cc(F)c2c(Nc3ccc(NC(=O)OCC(Cl)(Cl)Cl)cc3)ncnc2c1. The molecule has 2 aromatic carbocycles.